The fraction of sp³-hybridized carbons (Fsp3) is 0.278. The molecule has 4 heteroatoms. The number of carbonyl (C=O) groups is 1. The highest BCUT2D eigenvalue weighted by Gasteiger charge is 2.05. The highest BCUT2D eigenvalue weighted by molar-refractivity contribution is 5.94. The molecule has 0 aliphatic rings. The molecule has 116 valence electrons. The van der Waals surface area contributed by atoms with Gasteiger partial charge in [0, 0.05) is 12.1 Å². The summed E-state index contributed by atoms with van der Waals surface area (Å²) in [6.45, 7) is 0.622. The van der Waals surface area contributed by atoms with Crippen LogP contribution in [0.3, 0.4) is 0 Å². The van der Waals surface area contributed by atoms with Gasteiger partial charge in [0.15, 0.2) is 0 Å². The molecule has 0 radical (unpaired) electrons. The molecule has 0 fully saturated rings. The molecule has 0 saturated carbocycles. The first-order chi connectivity index (χ1) is 10.7. The lowest BCUT2D eigenvalue weighted by Crippen LogP contribution is -2.24. The maximum atomic E-state index is 12.8. The minimum Gasteiger partial charge on any atom is -0.497 e. The average Bonchev–Trinajstić information content (AvgIpc) is 2.56. The molecule has 0 aliphatic carbocycles. The van der Waals surface area contributed by atoms with Crippen molar-refractivity contribution >= 4 is 5.91 Å². The number of amides is 1. The predicted octanol–water partition coefficient (Wildman–Crippen LogP) is 3.59. The molecule has 0 aromatic heterocycles. The van der Waals surface area contributed by atoms with E-state index in [2.05, 4.69) is 5.32 Å². The molecule has 2 aromatic carbocycles. The Hall–Kier alpha value is -2.36. The summed E-state index contributed by atoms with van der Waals surface area (Å²) in [6.07, 6.45) is 2.71. The quantitative estimate of drug-likeness (QED) is 0.794. The number of benzene rings is 2. The molecule has 0 unspecified atom stereocenters. The summed E-state index contributed by atoms with van der Waals surface area (Å²) in [4.78, 5) is 12.0. The number of hydrogen-bond acceptors (Lipinski definition) is 2. The van der Waals surface area contributed by atoms with Gasteiger partial charge in [0.05, 0.1) is 7.11 Å². The van der Waals surface area contributed by atoms with Gasteiger partial charge in [-0.1, -0.05) is 18.2 Å². The van der Waals surface area contributed by atoms with Crippen LogP contribution >= 0.6 is 0 Å². The highest BCUT2D eigenvalue weighted by atomic mass is 19.1. The SMILES string of the molecule is COc1cccc(C(=O)NCCCCc2ccc(F)cc2)c1. The molecule has 0 aliphatic heterocycles. The molecular formula is C18H20FNO2. The number of nitrogens with one attached hydrogen (secondary N) is 1. The fourth-order valence-corrected chi connectivity index (χ4v) is 2.17. The number of aryl methyl sites for hydroxylation is 1. The normalized spacial score (nSPS) is 10.3. The topological polar surface area (TPSA) is 38.3 Å². The van der Waals surface area contributed by atoms with E-state index in [0.717, 1.165) is 24.8 Å². The zero-order valence-corrected chi connectivity index (χ0v) is 12.6. The summed E-state index contributed by atoms with van der Waals surface area (Å²) < 4.78 is 17.9. The van der Waals surface area contributed by atoms with Crippen molar-refractivity contribution in [3.05, 3.63) is 65.5 Å². The minimum absolute atomic E-state index is 0.0966. The van der Waals surface area contributed by atoms with Gasteiger partial charge in [-0.05, 0) is 55.2 Å². The molecule has 3 nitrogen and oxygen atoms in total. The second kappa shape index (κ2) is 8.17. The molecule has 22 heavy (non-hydrogen) atoms. The van der Waals surface area contributed by atoms with Gasteiger partial charge in [0.1, 0.15) is 11.6 Å². The Bertz CT molecular complexity index is 611. The number of rotatable bonds is 7. The van der Waals surface area contributed by atoms with Gasteiger partial charge in [-0.15, -0.1) is 0 Å². The lowest BCUT2D eigenvalue weighted by atomic mass is 10.1. The maximum Gasteiger partial charge on any atom is 0.251 e. The Balaban J connectivity index is 1.69. The lowest BCUT2D eigenvalue weighted by molar-refractivity contribution is 0.0952. The van der Waals surface area contributed by atoms with Crippen LogP contribution < -0.4 is 10.1 Å². The van der Waals surface area contributed by atoms with E-state index in [0.29, 0.717) is 17.9 Å². The number of ether oxygens (including phenoxy) is 1. The standard InChI is InChI=1S/C18H20FNO2/c1-22-17-7-4-6-15(13-17)18(21)20-12-3-2-5-14-8-10-16(19)11-9-14/h4,6-11,13H,2-3,5,12H2,1H3,(H,20,21). The van der Waals surface area contributed by atoms with E-state index in [4.69, 9.17) is 4.74 Å². The Morgan fingerprint density at radius 2 is 1.91 bits per heavy atom. The van der Waals surface area contributed by atoms with Crippen molar-refractivity contribution in [2.75, 3.05) is 13.7 Å². The largest absolute Gasteiger partial charge is 0.497 e. The third-order valence-corrected chi connectivity index (χ3v) is 3.42. The summed E-state index contributed by atoms with van der Waals surface area (Å²) in [5, 5.41) is 2.89. The Morgan fingerprint density at radius 3 is 2.64 bits per heavy atom. The van der Waals surface area contributed by atoms with Crippen LogP contribution in [0.15, 0.2) is 48.5 Å². The van der Waals surface area contributed by atoms with Crippen molar-refractivity contribution in [2.45, 2.75) is 19.3 Å². The van der Waals surface area contributed by atoms with Crippen LogP contribution in [0.5, 0.6) is 5.75 Å². The van der Waals surface area contributed by atoms with Crippen molar-refractivity contribution in [1.82, 2.24) is 5.32 Å². The predicted molar refractivity (Wildman–Crippen MR) is 84.7 cm³/mol. The smallest absolute Gasteiger partial charge is 0.251 e. The molecule has 0 spiro atoms. The van der Waals surface area contributed by atoms with E-state index >= 15 is 0 Å². The Kier molecular flexibility index (Phi) is 5.95. The summed E-state index contributed by atoms with van der Waals surface area (Å²) in [5.41, 5.74) is 1.71. The lowest BCUT2D eigenvalue weighted by Gasteiger charge is -2.07. The number of unbranched alkanes of at least 4 members (excludes halogenated alkanes) is 1. The van der Waals surface area contributed by atoms with E-state index in [1.54, 1.807) is 43.5 Å². The van der Waals surface area contributed by atoms with Crippen LogP contribution in [0.25, 0.3) is 0 Å². The van der Waals surface area contributed by atoms with Crippen LogP contribution in [-0.2, 0) is 6.42 Å². The summed E-state index contributed by atoms with van der Waals surface area (Å²) in [5.74, 6) is 0.360. The zero-order valence-electron chi connectivity index (χ0n) is 12.6. The Labute approximate surface area is 130 Å². The van der Waals surface area contributed by atoms with Gasteiger partial charge in [-0.25, -0.2) is 4.39 Å². The van der Waals surface area contributed by atoms with Crippen LogP contribution in [0.4, 0.5) is 4.39 Å². The van der Waals surface area contributed by atoms with Crippen molar-refractivity contribution in [1.29, 1.82) is 0 Å². The summed E-state index contributed by atoms with van der Waals surface area (Å²) >= 11 is 0. The van der Waals surface area contributed by atoms with E-state index in [1.807, 2.05) is 0 Å². The number of hydrogen-bond donors (Lipinski definition) is 1. The Morgan fingerprint density at radius 1 is 1.14 bits per heavy atom. The molecule has 2 rings (SSSR count). The van der Waals surface area contributed by atoms with Gasteiger partial charge >= 0.3 is 0 Å². The average molecular weight is 301 g/mol. The molecule has 0 bridgehead atoms. The third kappa shape index (κ3) is 4.88. The first-order valence-corrected chi connectivity index (χ1v) is 7.36. The molecule has 1 N–H and O–H groups in total. The molecule has 1 amide bonds. The van der Waals surface area contributed by atoms with Crippen molar-refractivity contribution < 1.29 is 13.9 Å². The summed E-state index contributed by atoms with van der Waals surface area (Å²) in [7, 11) is 1.58. The molecule has 0 saturated heterocycles. The maximum absolute atomic E-state index is 12.8. The minimum atomic E-state index is -0.214. The third-order valence-electron chi connectivity index (χ3n) is 3.42. The molecular weight excluding hydrogens is 281 g/mol. The highest BCUT2D eigenvalue weighted by Crippen LogP contribution is 2.12. The second-order valence-corrected chi connectivity index (χ2v) is 5.07. The van der Waals surface area contributed by atoms with E-state index in [9.17, 15) is 9.18 Å². The molecule has 0 atom stereocenters. The van der Waals surface area contributed by atoms with E-state index in [1.165, 1.54) is 12.1 Å². The van der Waals surface area contributed by atoms with Crippen LogP contribution in [-0.4, -0.2) is 19.6 Å². The van der Waals surface area contributed by atoms with Gasteiger partial charge in [0.2, 0.25) is 0 Å². The van der Waals surface area contributed by atoms with Gasteiger partial charge in [-0.2, -0.15) is 0 Å². The van der Waals surface area contributed by atoms with Crippen molar-refractivity contribution in [3.63, 3.8) is 0 Å². The van der Waals surface area contributed by atoms with Gasteiger partial charge in [-0.3, -0.25) is 4.79 Å². The van der Waals surface area contributed by atoms with Crippen LogP contribution in [0, 0.1) is 5.82 Å². The molecule has 2 aromatic rings. The fourth-order valence-electron chi connectivity index (χ4n) is 2.17. The number of carbonyl (C=O) groups excluding carboxylic acids is 1. The zero-order chi connectivity index (χ0) is 15.8. The van der Waals surface area contributed by atoms with Crippen molar-refractivity contribution in [3.8, 4) is 5.75 Å². The first-order valence-electron chi connectivity index (χ1n) is 7.36. The number of methoxy groups -OCH3 is 1. The number of halogens is 1. The van der Waals surface area contributed by atoms with Gasteiger partial charge in [0.25, 0.3) is 5.91 Å². The first kappa shape index (κ1) is 16.0. The van der Waals surface area contributed by atoms with Crippen molar-refractivity contribution in [2.24, 2.45) is 0 Å². The second-order valence-electron chi connectivity index (χ2n) is 5.07. The summed E-state index contributed by atoms with van der Waals surface area (Å²) in [6, 6.07) is 13.6. The van der Waals surface area contributed by atoms with Crippen LogP contribution in [0.2, 0.25) is 0 Å². The van der Waals surface area contributed by atoms with E-state index < -0.39 is 0 Å². The van der Waals surface area contributed by atoms with Crippen LogP contribution in [0.1, 0.15) is 28.8 Å². The monoisotopic (exact) mass is 301 g/mol. The van der Waals surface area contributed by atoms with Gasteiger partial charge < -0.3 is 10.1 Å². The van der Waals surface area contributed by atoms with E-state index in [-0.39, 0.29) is 11.7 Å². The molecule has 0 heterocycles.